The fraction of sp³-hybridized carbons (Fsp3) is 0.812. The summed E-state index contributed by atoms with van der Waals surface area (Å²) in [6.45, 7) is 9.44. The van der Waals surface area contributed by atoms with Gasteiger partial charge in [0.2, 0.25) is 5.89 Å². The molecule has 0 bridgehead atoms. The van der Waals surface area contributed by atoms with Gasteiger partial charge in [-0.2, -0.15) is 4.98 Å². The van der Waals surface area contributed by atoms with Crippen molar-refractivity contribution in [1.82, 2.24) is 20.4 Å². The van der Waals surface area contributed by atoms with Crippen molar-refractivity contribution in [3.63, 3.8) is 0 Å². The highest BCUT2D eigenvalue weighted by atomic mass is 127. The molecule has 2 heterocycles. The maximum absolute atomic E-state index is 5.65. The molecule has 1 N–H and O–H groups in total. The first-order chi connectivity index (χ1) is 11.7. The summed E-state index contributed by atoms with van der Waals surface area (Å²) in [6.07, 6.45) is 1.79. The number of ether oxygens (including phenoxy) is 2. The van der Waals surface area contributed by atoms with Gasteiger partial charge in [-0.1, -0.05) is 5.16 Å². The van der Waals surface area contributed by atoms with Crippen molar-refractivity contribution in [2.24, 2.45) is 10.9 Å². The van der Waals surface area contributed by atoms with Gasteiger partial charge >= 0.3 is 0 Å². The average Bonchev–Trinajstić information content (AvgIpc) is 3.20. The first-order valence-corrected chi connectivity index (χ1v) is 8.62. The molecule has 1 aliphatic heterocycles. The summed E-state index contributed by atoms with van der Waals surface area (Å²) < 4.78 is 15.8. The number of methoxy groups -OCH3 is 1. The van der Waals surface area contributed by atoms with Crippen LogP contribution in [0.1, 0.15) is 25.1 Å². The molecule has 1 atom stereocenters. The van der Waals surface area contributed by atoms with Gasteiger partial charge in [-0.25, -0.2) is 0 Å². The molecule has 0 spiro atoms. The Bertz CT molecular complexity index is 512. The minimum atomic E-state index is 0. The van der Waals surface area contributed by atoms with Crippen LogP contribution in [0.2, 0.25) is 0 Å². The second kappa shape index (κ2) is 12.4. The van der Waals surface area contributed by atoms with Gasteiger partial charge in [-0.15, -0.1) is 24.0 Å². The van der Waals surface area contributed by atoms with E-state index in [9.17, 15) is 0 Å². The van der Waals surface area contributed by atoms with Crippen LogP contribution in [0.25, 0.3) is 0 Å². The molecule has 2 rings (SSSR count). The summed E-state index contributed by atoms with van der Waals surface area (Å²) in [4.78, 5) is 11.2. The van der Waals surface area contributed by atoms with Crippen molar-refractivity contribution < 1.29 is 14.0 Å². The zero-order valence-electron chi connectivity index (χ0n) is 15.4. The Balaban J connectivity index is 0.00000312. The van der Waals surface area contributed by atoms with Crippen LogP contribution in [-0.2, 0) is 15.9 Å². The van der Waals surface area contributed by atoms with Crippen molar-refractivity contribution in [2.45, 2.75) is 26.7 Å². The molecule has 9 heteroatoms. The molecule has 1 aromatic rings. The predicted octanol–water partition coefficient (Wildman–Crippen LogP) is 1.49. The number of likely N-dealkylation sites (tertiary alicyclic amines) is 1. The van der Waals surface area contributed by atoms with Crippen molar-refractivity contribution in [3.8, 4) is 0 Å². The third kappa shape index (κ3) is 7.87. The minimum absolute atomic E-state index is 0. The monoisotopic (exact) mass is 467 g/mol. The Hall–Kier alpha value is -0.940. The topological polar surface area (TPSA) is 85.0 Å². The van der Waals surface area contributed by atoms with E-state index in [2.05, 4.69) is 32.3 Å². The van der Waals surface area contributed by atoms with Crippen LogP contribution in [0.5, 0.6) is 0 Å². The Kier molecular flexibility index (Phi) is 11.0. The lowest BCUT2D eigenvalue weighted by atomic mass is 10.1. The zero-order chi connectivity index (χ0) is 17.2. The van der Waals surface area contributed by atoms with Gasteiger partial charge in [0.25, 0.3) is 0 Å². The smallest absolute Gasteiger partial charge is 0.228 e. The molecule has 1 aliphatic rings. The third-order valence-electron chi connectivity index (χ3n) is 3.86. The van der Waals surface area contributed by atoms with Crippen LogP contribution in [0, 0.1) is 12.8 Å². The molecule has 0 aromatic carbocycles. The number of nitrogens with zero attached hydrogens (tertiary/aromatic N) is 4. The number of aliphatic imine (C=N–C) groups is 1. The Morgan fingerprint density at radius 2 is 2.28 bits per heavy atom. The molecule has 25 heavy (non-hydrogen) atoms. The lowest BCUT2D eigenvalue weighted by Crippen LogP contribution is -2.40. The van der Waals surface area contributed by atoms with E-state index in [1.807, 2.05) is 6.92 Å². The van der Waals surface area contributed by atoms with E-state index in [0.29, 0.717) is 43.8 Å². The molecule has 144 valence electrons. The summed E-state index contributed by atoms with van der Waals surface area (Å²) in [5.74, 6) is 2.80. The van der Waals surface area contributed by atoms with E-state index >= 15 is 0 Å². The highest BCUT2D eigenvalue weighted by Gasteiger charge is 2.24. The highest BCUT2D eigenvalue weighted by molar-refractivity contribution is 14.0. The van der Waals surface area contributed by atoms with Crippen LogP contribution in [0.4, 0.5) is 0 Å². The van der Waals surface area contributed by atoms with E-state index in [-0.39, 0.29) is 24.0 Å². The summed E-state index contributed by atoms with van der Waals surface area (Å²) in [5, 5.41) is 7.16. The van der Waals surface area contributed by atoms with Gasteiger partial charge in [0.05, 0.1) is 26.4 Å². The van der Waals surface area contributed by atoms with Gasteiger partial charge < -0.3 is 24.2 Å². The Morgan fingerprint density at radius 3 is 2.96 bits per heavy atom. The second-order valence-electron chi connectivity index (χ2n) is 5.89. The normalized spacial score (nSPS) is 17.6. The number of nitrogens with one attached hydrogen (secondary N) is 1. The lowest BCUT2D eigenvalue weighted by Gasteiger charge is -2.21. The highest BCUT2D eigenvalue weighted by Crippen LogP contribution is 2.16. The largest absolute Gasteiger partial charge is 0.382 e. The van der Waals surface area contributed by atoms with Gasteiger partial charge in [0, 0.05) is 39.1 Å². The van der Waals surface area contributed by atoms with Gasteiger partial charge in [-0.3, -0.25) is 4.99 Å². The molecule has 0 radical (unpaired) electrons. The lowest BCUT2D eigenvalue weighted by molar-refractivity contribution is 0.0536. The molecule has 0 aliphatic carbocycles. The van der Waals surface area contributed by atoms with Crippen molar-refractivity contribution in [2.75, 3.05) is 53.1 Å². The number of hydrogen-bond acceptors (Lipinski definition) is 6. The quantitative estimate of drug-likeness (QED) is 0.255. The van der Waals surface area contributed by atoms with E-state index in [1.165, 1.54) is 0 Å². The number of aromatic nitrogens is 2. The zero-order valence-corrected chi connectivity index (χ0v) is 17.7. The molecule has 1 fully saturated rings. The van der Waals surface area contributed by atoms with Gasteiger partial charge in [-0.05, 0) is 20.3 Å². The molecule has 1 aromatic heterocycles. The van der Waals surface area contributed by atoms with E-state index < -0.39 is 0 Å². The Labute approximate surface area is 166 Å². The van der Waals surface area contributed by atoms with Gasteiger partial charge in [0.15, 0.2) is 11.8 Å². The van der Waals surface area contributed by atoms with Crippen LogP contribution in [0.15, 0.2) is 9.52 Å². The SMILES string of the molecule is CCNC(=NCCc1nc(C)no1)N1CCC(COCCOC)C1.I. The standard InChI is InChI=1S/C16H29N5O3.HI/c1-4-17-16(18-7-5-15-19-13(2)20-24-15)21-8-6-14(11-21)12-23-10-9-22-3;/h14H,4-12H2,1-3H3,(H,17,18);1H. The van der Waals surface area contributed by atoms with Crippen molar-refractivity contribution in [3.05, 3.63) is 11.7 Å². The van der Waals surface area contributed by atoms with Crippen LogP contribution in [-0.4, -0.2) is 74.1 Å². The molecule has 1 unspecified atom stereocenters. The summed E-state index contributed by atoms with van der Waals surface area (Å²) in [5.41, 5.74) is 0. The number of hydrogen-bond donors (Lipinski definition) is 1. The van der Waals surface area contributed by atoms with Crippen LogP contribution >= 0.6 is 24.0 Å². The number of guanidine groups is 1. The van der Waals surface area contributed by atoms with Crippen LogP contribution in [0.3, 0.4) is 0 Å². The Morgan fingerprint density at radius 1 is 1.44 bits per heavy atom. The summed E-state index contributed by atoms with van der Waals surface area (Å²) in [6, 6.07) is 0. The molecule has 0 saturated carbocycles. The number of halogens is 1. The number of aryl methyl sites for hydroxylation is 1. The second-order valence-corrected chi connectivity index (χ2v) is 5.89. The van der Waals surface area contributed by atoms with Crippen molar-refractivity contribution >= 4 is 29.9 Å². The van der Waals surface area contributed by atoms with Crippen LogP contribution < -0.4 is 5.32 Å². The first-order valence-electron chi connectivity index (χ1n) is 8.62. The molecular weight excluding hydrogens is 437 g/mol. The van der Waals surface area contributed by atoms with E-state index in [4.69, 9.17) is 14.0 Å². The maximum atomic E-state index is 5.65. The first kappa shape index (κ1) is 22.1. The fourth-order valence-electron chi connectivity index (χ4n) is 2.68. The number of rotatable bonds is 9. The summed E-state index contributed by atoms with van der Waals surface area (Å²) >= 11 is 0. The fourth-order valence-corrected chi connectivity index (χ4v) is 2.68. The molecule has 1 saturated heterocycles. The average molecular weight is 467 g/mol. The maximum Gasteiger partial charge on any atom is 0.228 e. The summed E-state index contributed by atoms with van der Waals surface area (Å²) in [7, 11) is 1.69. The van der Waals surface area contributed by atoms with E-state index in [1.54, 1.807) is 7.11 Å². The third-order valence-corrected chi connectivity index (χ3v) is 3.86. The van der Waals surface area contributed by atoms with Crippen molar-refractivity contribution in [1.29, 1.82) is 0 Å². The molecule has 8 nitrogen and oxygen atoms in total. The minimum Gasteiger partial charge on any atom is -0.382 e. The predicted molar refractivity (Wildman–Crippen MR) is 107 cm³/mol. The van der Waals surface area contributed by atoms with E-state index in [0.717, 1.165) is 38.6 Å². The molecular formula is C16H30IN5O3. The van der Waals surface area contributed by atoms with Gasteiger partial charge in [0.1, 0.15) is 0 Å². The molecule has 0 amide bonds.